The maximum atomic E-state index is 13.5. The zero-order valence-corrected chi connectivity index (χ0v) is 12.3. The molecule has 0 saturated carbocycles. The summed E-state index contributed by atoms with van der Waals surface area (Å²) < 4.78 is 13.5. The second-order valence-electron chi connectivity index (χ2n) is 5.64. The molecule has 0 bridgehead atoms. The third kappa shape index (κ3) is 2.56. The minimum absolute atomic E-state index is 0.0149. The summed E-state index contributed by atoms with van der Waals surface area (Å²) in [4.78, 5) is 14.5. The highest BCUT2D eigenvalue weighted by Gasteiger charge is 2.28. The number of carbonyl (C=O) groups excluding carboxylic acids is 1. The van der Waals surface area contributed by atoms with Crippen LogP contribution in [0.15, 0.2) is 42.5 Å². The van der Waals surface area contributed by atoms with Crippen LogP contribution in [0.2, 0.25) is 0 Å². The molecule has 3 rings (SSSR count). The van der Waals surface area contributed by atoms with Crippen LogP contribution in [-0.4, -0.2) is 17.4 Å². The highest BCUT2D eigenvalue weighted by atomic mass is 19.1. The number of halogens is 1. The van der Waals surface area contributed by atoms with E-state index in [2.05, 4.69) is 0 Å². The summed E-state index contributed by atoms with van der Waals surface area (Å²) in [5.41, 5.74) is 3.82. The van der Waals surface area contributed by atoms with Gasteiger partial charge in [-0.05, 0) is 55.7 Å². The molecule has 0 saturated heterocycles. The van der Waals surface area contributed by atoms with E-state index in [-0.39, 0.29) is 17.8 Å². The summed E-state index contributed by atoms with van der Waals surface area (Å²) >= 11 is 0. The van der Waals surface area contributed by atoms with Crippen LogP contribution in [-0.2, 0) is 6.42 Å². The van der Waals surface area contributed by atoms with Crippen LogP contribution in [0.25, 0.3) is 0 Å². The fourth-order valence-corrected chi connectivity index (χ4v) is 3.01. The Bertz CT molecular complexity index is 695. The van der Waals surface area contributed by atoms with E-state index in [1.165, 1.54) is 6.07 Å². The number of aryl methyl sites for hydroxylation is 1. The van der Waals surface area contributed by atoms with Crippen molar-refractivity contribution in [3.8, 4) is 0 Å². The quantitative estimate of drug-likeness (QED) is 0.777. The van der Waals surface area contributed by atoms with Crippen LogP contribution in [0.4, 0.5) is 4.39 Å². The van der Waals surface area contributed by atoms with Gasteiger partial charge in [-0.2, -0.15) is 0 Å². The molecule has 1 aliphatic rings. The lowest BCUT2D eigenvalue weighted by Crippen LogP contribution is -2.38. The van der Waals surface area contributed by atoms with E-state index in [1.54, 1.807) is 6.07 Å². The van der Waals surface area contributed by atoms with Gasteiger partial charge in [0.2, 0.25) is 0 Å². The number of rotatable bonds is 1. The van der Waals surface area contributed by atoms with Crippen molar-refractivity contribution in [2.45, 2.75) is 26.3 Å². The van der Waals surface area contributed by atoms with Gasteiger partial charge < -0.3 is 4.90 Å². The van der Waals surface area contributed by atoms with Crippen molar-refractivity contribution in [2.75, 3.05) is 6.54 Å². The van der Waals surface area contributed by atoms with Crippen LogP contribution in [0.5, 0.6) is 0 Å². The Hall–Kier alpha value is -2.16. The minimum atomic E-state index is -0.245. The first-order chi connectivity index (χ1) is 10.1. The van der Waals surface area contributed by atoms with Crippen molar-refractivity contribution in [3.05, 3.63) is 70.5 Å². The van der Waals surface area contributed by atoms with E-state index in [9.17, 15) is 9.18 Å². The molecule has 2 nitrogen and oxygen atoms in total. The van der Waals surface area contributed by atoms with Gasteiger partial charge in [-0.25, -0.2) is 4.39 Å². The Morgan fingerprint density at radius 1 is 1.24 bits per heavy atom. The highest BCUT2D eigenvalue weighted by molar-refractivity contribution is 5.94. The molecule has 0 fully saturated rings. The molecule has 1 unspecified atom stereocenters. The topological polar surface area (TPSA) is 20.3 Å². The molecule has 0 aromatic heterocycles. The number of nitrogens with zero attached hydrogens (tertiary/aromatic N) is 1. The van der Waals surface area contributed by atoms with Gasteiger partial charge in [-0.3, -0.25) is 4.79 Å². The predicted octanol–water partition coefficient (Wildman–Crippen LogP) is 3.89. The normalized spacial score (nSPS) is 17.5. The molecule has 21 heavy (non-hydrogen) atoms. The monoisotopic (exact) mass is 283 g/mol. The van der Waals surface area contributed by atoms with E-state index in [0.717, 1.165) is 23.1 Å². The van der Waals surface area contributed by atoms with Crippen molar-refractivity contribution in [3.63, 3.8) is 0 Å². The van der Waals surface area contributed by atoms with Crippen LogP contribution >= 0.6 is 0 Å². The Labute approximate surface area is 124 Å². The first-order valence-electron chi connectivity index (χ1n) is 7.22. The molecule has 2 aromatic rings. The van der Waals surface area contributed by atoms with Crippen molar-refractivity contribution in [1.29, 1.82) is 0 Å². The van der Waals surface area contributed by atoms with Gasteiger partial charge in [0.25, 0.3) is 5.91 Å². The Kier molecular flexibility index (Phi) is 3.50. The minimum Gasteiger partial charge on any atom is -0.332 e. The highest BCUT2D eigenvalue weighted by Crippen LogP contribution is 2.31. The molecule has 108 valence electrons. The molecule has 3 heteroatoms. The molecule has 0 N–H and O–H groups in total. The molecule has 0 aliphatic carbocycles. The number of carbonyl (C=O) groups is 1. The molecule has 1 aliphatic heterocycles. The third-order valence-corrected chi connectivity index (χ3v) is 4.17. The molecule has 1 amide bonds. The van der Waals surface area contributed by atoms with Crippen LogP contribution in [0.1, 0.15) is 40.0 Å². The lowest BCUT2D eigenvalue weighted by atomic mass is 9.93. The summed E-state index contributed by atoms with van der Waals surface area (Å²) in [7, 11) is 0. The first-order valence-corrected chi connectivity index (χ1v) is 7.22. The average molecular weight is 283 g/mol. The van der Waals surface area contributed by atoms with E-state index in [4.69, 9.17) is 0 Å². The maximum Gasteiger partial charge on any atom is 0.254 e. The van der Waals surface area contributed by atoms with Gasteiger partial charge >= 0.3 is 0 Å². The Morgan fingerprint density at radius 3 is 2.81 bits per heavy atom. The number of hydrogen-bond acceptors (Lipinski definition) is 1. The average Bonchev–Trinajstić information content (AvgIpc) is 2.47. The molecule has 1 atom stereocenters. The van der Waals surface area contributed by atoms with Gasteiger partial charge in [-0.1, -0.05) is 23.8 Å². The van der Waals surface area contributed by atoms with Gasteiger partial charge in [0.1, 0.15) is 5.82 Å². The smallest absolute Gasteiger partial charge is 0.254 e. The summed E-state index contributed by atoms with van der Waals surface area (Å²) in [5, 5.41) is 0. The largest absolute Gasteiger partial charge is 0.332 e. The van der Waals surface area contributed by atoms with Gasteiger partial charge in [0.15, 0.2) is 0 Å². The fraction of sp³-hybridized carbons (Fsp3) is 0.278. The Morgan fingerprint density at radius 2 is 2.05 bits per heavy atom. The first kappa shape index (κ1) is 13.8. The third-order valence-electron chi connectivity index (χ3n) is 4.17. The number of amides is 1. The standard InChI is InChI=1S/C18H18FNO/c1-12-4-3-5-15(10-12)18(21)20-9-8-14-6-7-16(19)11-17(14)13(20)2/h3-7,10-11,13H,8-9H2,1-2H3. The molecular formula is C18H18FNO. The molecular weight excluding hydrogens is 265 g/mol. The van der Waals surface area contributed by atoms with Crippen LogP contribution in [0, 0.1) is 12.7 Å². The summed E-state index contributed by atoms with van der Waals surface area (Å²) in [6, 6.07) is 12.4. The summed E-state index contributed by atoms with van der Waals surface area (Å²) in [6.45, 7) is 4.61. The Balaban J connectivity index is 1.92. The van der Waals surface area contributed by atoms with Crippen LogP contribution < -0.4 is 0 Å². The van der Waals surface area contributed by atoms with Crippen molar-refractivity contribution >= 4 is 5.91 Å². The van der Waals surface area contributed by atoms with Gasteiger partial charge in [0.05, 0.1) is 6.04 Å². The van der Waals surface area contributed by atoms with Crippen molar-refractivity contribution < 1.29 is 9.18 Å². The summed E-state index contributed by atoms with van der Waals surface area (Å²) in [5.74, 6) is -0.230. The van der Waals surface area contributed by atoms with Gasteiger partial charge in [0, 0.05) is 12.1 Å². The predicted molar refractivity (Wildman–Crippen MR) is 80.7 cm³/mol. The zero-order valence-electron chi connectivity index (χ0n) is 12.3. The number of hydrogen-bond donors (Lipinski definition) is 0. The second kappa shape index (κ2) is 5.32. The number of benzene rings is 2. The van der Waals surface area contributed by atoms with Crippen LogP contribution in [0.3, 0.4) is 0 Å². The van der Waals surface area contributed by atoms with E-state index in [1.807, 2.05) is 49.1 Å². The zero-order chi connectivity index (χ0) is 15.0. The van der Waals surface area contributed by atoms with E-state index >= 15 is 0 Å². The van der Waals surface area contributed by atoms with Crippen molar-refractivity contribution in [2.24, 2.45) is 0 Å². The lowest BCUT2D eigenvalue weighted by molar-refractivity contribution is 0.0677. The number of fused-ring (bicyclic) bond motifs is 1. The van der Waals surface area contributed by atoms with E-state index < -0.39 is 0 Å². The fourth-order valence-electron chi connectivity index (χ4n) is 3.01. The molecule has 2 aromatic carbocycles. The molecule has 0 spiro atoms. The molecule has 0 radical (unpaired) electrons. The maximum absolute atomic E-state index is 13.5. The summed E-state index contributed by atoms with van der Waals surface area (Å²) in [6.07, 6.45) is 0.775. The van der Waals surface area contributed by atoms with E-state index in [0.29, 0.717) is 12.1 Å². The second-order valence-corrected chi connectivity index (χ2v) is 5.64. The lowest BCUT2D eigenvalue weighted by Gasteiger charge is -2.35. The van der Waals surface area contributed by atoms with Crippen molar-refractivity contribution in [1.82, 2.24) is 4.90 Å². The SMILES string of the molecule is Cc1cccc(C(=O)N2CCc3ccc(F)cc3C2C)c1. The van der Waals surface area contributed by atoms with Gasteiger partial charge in [-0.15, -0.1) is 0 Å². The molecule has 1 heterocycles.